The van der Waals surface area contributed by atoms with Crippen LogP contribution in [0, 0.1) is 17.8 Å². The number of carboxylic acids is 1. The van der Waals surface area contributed by atoms with Crippen molar-refractivity contribution in [1.82, 2.24) is 14.9 Å². The van der Waals surface area contributed by atoms with Crippen LogP contribution in [0.2, 0.25) is 0 Å². The molecule has 0 saturated carbocycles. The average molecular weight is 494 g/mol. The fourth-order valence-electron chi connectivity index (χ4n) is 5.97. The van der Waals surface area contributed by atoms with Crippen LogP contribution in [-0.2, 0) is 0 Å². The summed E-state index contributed by atoms with van der Waals surface area (Å²) in [4.78, 5) is 36.0. The van der Waals surface area contributed by atoms with E-state index in [-0.39, 0.29) is 22.3 Å². The van der Waals surface area contributed by atoms with Crippen molar-refractivity contribution < 1.29 is 14.7 Å². The number of rotatable bonds is 4. The van der Waals surface area contributed by atoms with Gasteiger partial charge in [0.05, 0.1) is 16.8 Å². The van der Waals surface area contributed by atoms with E-state index < -0.39 is 5.97 Å². The second-order valence-corrected chi connectivity index (χ2v) is 10.7. The van der Waals surface area contributed by atoms with Crippen LogP contribution in [0.1, 0.15) is 59.3 Å². The molecule has 1 aliphatic carbocycles. The van der Waals surface area contributed by atoms with Crippen LogP contribution in [0.5, 0.6) is 0 Å². The third kappa shape index (κ3) is 4.37. The topological polar surface area (TPSA) is 83.4 Å². The fraction of sp³-hybridized carbons (Fsp3) is 0.290. The predicted octanol–water partition coefficient (Wildman–Crippen LogP) is 6.05. The fourth-order valence-corrected chi connectivity index (χ4v) is 5.97. The summed E-state index contributed by atoms with van der Waals surface area (Å²) in [5, 5.41) is 9.26. The molecular formula is C31H31N3O3. The molecule has 2 aromatic carbocycles. The summed E-state index contributed by atoms with van der Waals surface area (Å²) in [5.41, 5.74) is 5.42. The van der Waals surface area contributed by atoms with Gasteiger partial charge in [0.25, 0.3) is 5.91 Å². The van der Waals surface area contributed by atoms with E-state index in [4.69, 9.17) is 0 Å². The summed E-state index contributed by atoms with van der Waals surface area (Å²) >= 11 is 0. The predicted molar refractivity (Wildman–Crippen MR) is 144 cm³/mol. The van der Waals surface area contributed by atoms with E-state index in [0.717, 1.165) is 17.5 Å². The number of carbonyl (C=O) groups is 2. The van der Waals surface area contributed by atoms with Crippen molar-refractivity contribution in [2.75, 3.05) is 13.1 Å². The molecule has 0 unspecified atom stereocenters. The zero-order valence-corrected chi connectivity index (χ0v) is 21.7. The number of amides is 1. The van der Waals surface area contributed by atoms with Gasteiger partial charge in [-0.1, -0.05) is 81.0 Å². The van der Waals surface area contributed by atoms with E-state index in [1.165, 1.54) is 11.1 Å². The lowest BCUT2D eigenvalue weighted by Crippen LogP contribution is -2.48. The number of carbonyl (C=O) groups excluding carboxylic acids is 1. The van der Waals surface area contributed by atoms with Gasteiger partial charge < -0.3 is 10.0 Å². The van der Waals surface area contributed by atoms with Gasteiger partial charge in [-0.05, 0) is 36.6 Å². The molecule has 1 N–H and O–H groups in total. The zero-order chi connectivity index (χ0) is 26.4. The Kier molecular flexibility index (Phi) is 6.06. The smallest absolute Gasteiger partial charge is 0.335 e. The van der Waals surface area contributed by atoms with Gasteiger partial charge in [0, 0.05) is 35.7 Å². The van der Waals surface area contributed by atoms with Crippen molar-refractivity contribution in [3.63, 3.8) is 0 Å². The maximum Gasteiger partial charge on any atom is 0.335 e. The maximum absolute atomic E-state index is 13.8. The molecule has 1 aromatic heterocycles. The van der Waals surface area contributed by atoms with Crippen molar-refractivity contribution in [3.8, 4) is 11.3 Å². The number of aromatic nitrogens is 2. The highest BCUT2D eigenvalue weighted by molar-refractivity contribution is 6.00. The number of hydrogen-bond donors (Lipinski definition) is 1. The first-order valence-electron chi connectivity index (χ1n) is 12.5. The van der Waals surface area contributed by atoms with Crippen molar-refractivity contribution in [3.05, 3.63) is 101 Å². The Morgan fingerprint density at radius 2 is 1.65 bits per heavy atom. The third-order valence-electron chi connectivity index (χ3n) is 7.73. The van der Waals surface area contributed by atoms with E-state index in [1.54, 1.807) is 18.3 Å². The van der Waals surface area contributed by atoms with Crippen LogP contribution in [0.15, 0.2) is 78.5 Å². The highest BCUT2D eigenvalue weighted by Gasteiger charge is 2.46. The molecule has 0 bridgehead atoms. The number of carboxylic acid groups (broad SMARTS) is 1. The summed E-state index contributed by atoms with van der Waals surface area (Å²) in [6, 6.07) is 16.9. The first kappa shape index (κ1) is 24.6. The van der Waals surface area contributed by atoms with Crippen LogP contribution in [-0.4, -0.2) is 44.9 Å². The van der Waals surface area contributed by atoms with Crippen molar-refractivity contribution in [1.29, 1.82) is 0 Å². The summed E-state index contributed by atoms with van der Waals surface area (Å²) in [6.07, 6.45) is 6.90. The highest BCUT2D eigenvalue weighted by Crippen LogP contribution is 2.55. The van der Waals surface area contributed by atoms with Gasteiger partial charge in [-0.2, -0.15) is 0 Å². The second-order valence-electron chi connectivity index (χ2n) is 10.7. The molecular weight excluding hydrogens is 462 g/mol. The normalized spacial score (nSPS) is 20.5. The van der Waals surface area contributed by atoms with Crippen LogP contribution in [0.3, 0.4) is 0 Å². The SMILES string of the molecule is Cc1ncc(C(=O)N2CC=C3C(C)(C)C(c4ccc(C(=O)O)cc4)=CC[C@]3(C)C2)c(-c2ccccc2)n1. The van der Waals surface area contributed by atoms with Gasteiger partial charge in [-0.25, -0.2) is 14.8 Å². The number of hydrogen-bond acceptors (Lipinski definition) is 4. The average Bonchev–Trinajstić information content (AvgIpc) is 2.88. The number of fused-ring (bicyclic) bond motifs is 1. The minimum atomic E-state index is -0.926. The zero-order valence-electron chi connectivity index (χ0n) is 21.7. The molecule has 0 spiro atoms. The lowest BCUT2D eigenvalue weighted by Gasteiger charge is -2.50. The Morgan fingerprint density at radius 3 is 2.32 bits per heavy atom. The Bertz CT molecular complexity index is 1440. The molecule has 0 fully saturated rings. The van der Waals surface area contributed by atoms with Crippen molar-refractivity contribution >= 4 is 17.4 Å². The van der Waals surface area contributed by atoms with Crippen LogP contribution in [0.4, 0.5) is 0 Å². The Balaban J connectivity index is 1.45. The van der Waals surface area contributed by atoms with Crippen LogP contribution < -0.4 is 0 Å². The standard InChI is InChI=1S/C31H31N3O3/c1-20-32-18-24(27(33-20)22-8-6-5-7-9-22)28(35)34-17-15-26-30(2,3)25(14-16-31(26,4)19-34)21-10-12-23(13-11-21)29(36)37/h5-15,18H,16-17,19H2,1-4H3,(H,36,37)/t31-/m1/s1. The van der Waals surface area contributed by atoms with E-state index in [1.807, 2.05) is 54.3 Å². The van der Waals surface area contributed by atoms with E-state index >= 15 is 0 Å². The Hall–Kier alpha value is -4.06. The molecule has 6 heteroatoms. The van der Waals surface area contributed by atoms with Gasteiger partial charge >= 0.3 is 5.97 Å². The number of nitrogens with zero attached hydrogens (tertiary/aromatic N) is 3. The molecule has 37 heavy (non-hydrogen) atoms. The lowest BCUT2D eigenvalue weighted by molar-refractivity contribution is 0.0678. The summed E-state index contributed by atoms with van der Waals surface area (Å²) in [5.74, 6) is -0.358. The Morgan fingerprint density at radius 1 is 0.946 bits per heavy atom. The van der Waals surface area contributed by atoms with E-state index in [0.29, 0.717) is 30.2 Å². The Labute approximate surface area is 217 Å². The quantitative estimate of drug-likeness (QED) is 0.447. The summed E-state index contributed by atoms with van der Waals surface area (Å²) < 4.78 is 0. The number of aryl methyl sites for hydroxylation is 1. The molecule has 2 heterocycles. The molecule has 3 aromatic rings. The monoisotopic (exact) mass is 493 g/mol. The van der Waals surface area contributed by atoms with E-state index in [9.17, 15) is 14.7 Å². The first-order valence-corrected chi connectivity index (χ1v) is 12.5. The van der Waals surface area contributed by atoms with Crippen LogP contribution in [0.25, 0.3) is 16.8 Å². The van der Waals surface area contributed by atoms with Crippen molar-refractivity contribution in [2.45, 2.75) is 34.1 Å². The first-order chi connectivity index (χ1) is 17.6. The van der Waals surface area contributed by atoms with E-state index in [2.05, 4.69) is 42.9 Å². The summed E-state index contributed by atoms with van der Waals surface area (Å²) in [6.45, 7) is 9.61. The number of aromatic carboxylic acids is 1. The highest BCUT2D eigenvalue weighted by atomic mass is 16.4. The molecule has 2 aliphatic rings. The van der Waals surface area contributed by atoms with Gasteiger partial charge in [-0.15, -0.1) is 0 Å². The van der Waals surface area contributed by atoms with Gasteiger partial charge in [0.15, 0.2) is 0 Å². The molecule has 1 amide bonds. The molecule has 1 atom stereocenters. The number of benzene rings is 2. The molecule has 5 rings (SSSR count). The minimum absolute atomic E-state index is 0.0628. The lowest BCUT2D eigenvalue weighted by atomic mass is 9.58. The molecule has 0 radical (unpaired) electrons. The molecule has 6 nitrogen and oxygen atoms in total. The van der Waals surface area contributed by atoms with Gasteiger partial charge in [0.1, 0.15) is 5.82 Å². The number of allylic oxidation sites excluding steroid dienone is 2. The second kappa shape index (κ2) is 9.11. The minimum Gasteiger partial charge on any atom is -0.478 e. The third-order valence-corrected chi connectivity index (χ3v) is 7.73. The molecule has 188 valence electrons. The van der Waals surface area contributed by atoms with Gasteiger partial charge in [0.2, 0.25) is 0 Å². The largest absolute Gasteiger partial charge is 0.478 e. The van der Waals surface area contributed by atoms with Gasteiger partial charge in [-0.3, -0.25) is 4.79 Å². The van der Waals surface area contributed by atoms with Crippen molar-refractivity contribution in [2.24, 2.45) is 10.8 Å². The molecule has 1 aliphatic heterocycles. The van der Waals surface area contributed by atoms with Crippen LogP contribution >= 0.6 is 0 Å². The summed E-state index contributed by atoms with van der Waals surface area (Å²) in [7, 11) is 0. The molecule has 0 saturated heterocycles. The maximum atomic E-state index is 13.8.